The van der Waals surface area contributed by atoms with Crippen molar-refractivity contribution in [2.75, 3.05) is 31.4 Å². The van der Waals surface area contributed by atoms with E-state index in [0.717, 1.165) is 0 Å². The summed E-state index contributed by atoms with van der Waals surface area (Å²) >= 11 is 4.26. The molecule has 1 aromatic carbocycles. The lowest BCUT2D eigenvalue weighted by Gasteiger charge is -2.21. The van der Waals surface area contributed by atoms with Gasteiger partial charge in [-0.05, 0) is 24.7 Å². The summed E-state index contributed by atoms with van der Waals surface area (Å²) < 4.78 is 10.5. The first-order valence-corrected chi connectivity index (χ1v) is 7.33. The van der Waals surface area contributed by atoms with Crippen molar-refractivity contribution in [2.24, 2.45) is 5.92 Å². The quantitative estimate of drug-likeness (QED) is 0.669. The van der Waals surface area contributed by atoms with E-state index in [1.54, 1.807) is 17.0 Å². The van der Waals surface area contributed by atoms with Gasteiger partial charge >= 0.3 is 0 Å². The number of thiol groups is 1. The molecule has 1 saturated heterocycles. The molecule has 1 fully saturated rings. The second-order valence-corrected chi connectivity index (χ2v) is 5.40. The van der Waals surface area contributed by atoms with E-state index in [9.17, 15) is 9.59 Å². The average Bonchev–Trinajstić information content (AvgIpc) is 2.86. The van der Waals surface area contributed by atoms with E-state index in [1.165, 1.54) is 21.1 Å². The third-order valence-corrected chi connectivity index (χ3v) is 4.15. The van der Waals surface area contributed by atoms with Crippen LogP contribution in [0.15, 0.2) is 12.1 Å². The van der Waals surface area contributed by atoms with Crippen LogP contribution in [-0.2, 0) is 4.79 Å². The molecular formula is C15H19NO4S. The number of hydrogen-bond acceptors (Lipinski definition) is 5. The molecule has 1 unspecified atom stereocenters. The van der Waals surface area contributed by atoms with Gasteiger partial charge in [-0.3, -0.25) is 9.59 Å². The van der Waals surface area contributed by atoms with Crippen LogP contribution in [0.25, 0.3) is 0 Å². The zero-order chi connectivity index (χ0) is 15.6. The molecule has 0 saturated carbocycles. The number of ketones is 1. The predicted molar refractivity (Wildman–Crippen MR) is 83.9 cm³/mol. The summed E-state index contributed by atoms with van der Waals surface area (Å²) in [7, 11) is 3.04. The number of anilines is 1. The third-order valence-electron chi connectivity index (χ3n) is 3.64. The van der Waals surface area contributed by atoms with Gasteiger partial charge in [0.05, 0.1) is 19.9 Å². The molecule has 1 amide bonds. The number of Topliss-reactive ketones (excluding diaryl/α,β-unsaturated/α-hetero) is 1. The molecule has 6 heteroatoms. The van der Waals surface area contributed by atoms with E-state index in [-0.39, 0.29) is 17.6 Å². The summed E-state index contributed by atoms with van der Waals surface area (Å²) in [5.41, 5.74) is 1.04. The van der Waals surface area contributed by atoms with Gasteiger partial charge in [0.2, 0.25) is 5.91 Å². The molecule has 2 rings (SSSR count). The van der Waals surface area contributed by atoms with Crippen LogP contribution in [0.1, 0.15) is 23.7 Å². The molecule has 0 N–H and O–H groups in total. The van der Waals surface area contributed by atoms with E-state index in [2.05, 4.69) is 12.6 Å². The molecule has 21 heavy (non-hydrogen) atoms. The third kappa shape index (κ3) is 3.00. The Morgan fingerprint density at radius 1 is 1.33 bits per heavy atom. The van der Waals surface area contributed by atoms with Crippen LogP contribution in [0.2, 0.25) is 0 Å². The van der Waals surface area contributed by atoms with Gasteiger partial charge in [0, 0.05) is 24.6 Å². The van der Waals surface area contributed by atoms with Gasteiger partial charge in [0.25, 0.3) is 0 Å². The SMILES string of the molecule is COc1cc(C(C)=O)c(N2CC(CS)CC2=O)cc1OC. The maximum atomic E-state index is 12.2. The van der Waals surface area contributed by atoms with E-state index in [4.69, 9.17) is 9.47 Å². The Balaban J connectivity index is 2.51. The predicted octanol–water partition coefficient (Wildman–Crippen LogP) is 2.19. The zero-order valence-corrected chi connectivity index (χ0v) is 13.3. The molecule has 114 valence electrons. The Labute approximate surface area is 129 Å². The van der Waals surface area contributed by atoms with Crippen LogP contribution in [0.5, 0.6) is 11.5 Å². The summed E-state index contributed by atoms with van der Waals surface area (Å²) in [5.74, 6) is 1.71. The Morgan fingerprint density at radius 3 is 2.43 bits per heavy atom. The first-order valence-electron chi connectivity index (χ1n) is 6.70. The number of nitrogens with zero attached hydrogens (tertiary/aromatic N) is 1. The second kappa shape index (κ2) is 6.39. The Kier molecular flexibility index (Phi) is 4.77. The van der Waals surface area contributed by atoms with Crippen molar-refractivity contribution in [2.45, 2.75) is 13.3 Å². The first kappa shape index (κ1) is 15.7. The minimum atomic E-state index is -0.118. The molecule has 1 heterocycles. The molecule has 0 spiro atoms. The van der Waals surface area contributed by atoms with Crippen LogP contribution < -0.4 is 14.4 Å². The highest BCUT2D eigenvalue weighted by atomic mass is 32.1. The molecule has 1 aromatic rings. The van der Waals surface area contributed by atoms with Crippen molar-refractivity contribution in [1.29, 1.82) is 0 Å². The maximum absolute atomic E-state index is 12.2. The van der Waals surface area contributed by atoms with Crippen LogP contribution in [0, 0.1) is 5.92 Å². The number of carbonyl (C=O) groups is 2. The highest BCUT2D eigenvalue weighted by Crippen LogP contribution is 2.37. The van der Waals surface area contributed by atoms with Crippen LogP contribution in [-0.4, -0.2) is 38.2 Å². The molecule has 1 aliphatic rings. The summed E-state index contributed by atoms with van der Waals surface area (Å²) in [6, 6.07) is 3.31. The lowest BCUT2D eigenvalue weighted by Crippen LogP contribution is -2.26. The van der Waals surface area contributed by atoms with Crippen molar-refractivity contribution in [1.82, 2.24) is 0 Å². The largest absolute Gasteiger partial charge is 0.493 e. The Morgan fingerprint density at radius 2 is 1.95 bits per heavy atom. The normalized spacial score (nSPS) is 18.0. The standard InChI is InChI=1S/C15H19NO4S/c1-9(17)11-5-13(19-2)14(20-3)6-12(11)16-7-10(8-21)4-15(16)18/h5-6,10,21H,4,7-8H2,1-3H3. The fraction of sp³-hybridized carbons (Fsp3) is 0.467. The highest BCUT2D eigenvalue weighted by Gasteiger charge is 2.32. The van der Waals surface area contributed by atoms with Gasteiger partial charge in [-0.2, -0.15) is 12.6 Å². The molecule has 0 bridgehead atoms. The molecule has 5 nitrogen and oxygen atoms in total. The lowest BCUT2D eigenvalue weighted by atomic mass is 10.1. The van der Waals surface area contributed by atoms with Crippen molar-refractivity contribution in [3.8, 4) is 11.5 Å². The van der Waals surface area contributed by atoms with Gasteiger partial charge in [-0.15, -0.1) is 0 Å². The van der Waals surface area contributed by atoms with Gasteiger partial charge in [0.15, 0.2) is 17.3 Å². The Hall–Kier alpha value is -1.69. The average molecular weight is 309 g/mol. The van der Waals surface area contributed by atoms with Crippen molar-refractivity contribution < 1.29 is 19.1 Å². The first-order chi connectivity index (χ1) is 10.0. The van der Waals surface area contributed by atoms with Crippen LogP contribution in [0.3, 0.4) is 0 Å². The van der Waals surface area contributed by atoms with E-state index in [1.807, 2.05) is 0 Å². The molecule has 0 radical (unpaired) electrons. The van der Waals surface area contributed by atoms with Crippen molar-refractivity contribution >= 4 is 30.0 Å². The highest BCUT2D eigenvalue weighted by molar-refractivity contribution is 7.80. The number of rotatable bonds is 5. The Bertz CT molecular complexity index is 573. The summed E-state index contributed by atoms with van der Waals surface area (Å²) in [5, 5.41) is 0. The van der Waals surface area contributed by atoms with Crippen molar-refractivity contribution in [3.05, 3.63) is 17.7 Å². The summed E-state index contributed by atoms with van der Waals surface area (Å²) in [6.07, 6.45) is 0.454. The number of carbonyl (C=O) groups excluding carboxylic acids is 2. The topological polar surface area (TPSA) is 55.8 Å². The van der Waals surface area contributed by atoms with Gasteiger partial charge in [-0.1, -0.05) is 0 Å². The summed E-state index contributed by atoms with van der Waals surface area (Å²) in [6.45, 7) is 2.04. The molecule has 0 aromatic heterocycles. The molecule has 1 atom stereocenters. The van der Waals surface area contributed by atoms with Gasteiger partial charge < -0.3 is 14.4 Å². The van der Waals surface area contributed by atoms with Gasteiger partial charge in [-0.25, -0.2) is 0 Å². The number of hydrogen-bond donors (Lipinski definition) is 1. The minimum Gasteiger partial charge on any atom is -0.493 e. The zero-order valence-electron chi connectivity index (χ0n) is 12.4. The molecular weight excluding hydrogens is 290 g/mol. The van der Waals surface area contributed by atoms with E-state index >= 15 is 0 Å². The lowest BCUT2D eigenvalue weighted by molar-refractivity contribution is -0.117. The number of methoxy groups -OCH3 is 2. The smallest absolute Gasteiger partial charge is 0.227 e. The maximum Gasteiger partial charge on any atom is 0.227 e. The van der Waals surface area contributed by atoms with Gasteiger partial charge in [0.1, 0.15) is 0 Å². The second-order valence-electron chi connectivity index (χ2n) is 5.04. The fourth-order valence-corrected chi connectivity index (χ4v) is 2.75. The van der Waals surface area contributed by atoms with Crippen LogP contribution in [0.4, 0.5) is 5.69 Å². The summed E-state index contributed by atoms with van der Waals surface area (Å²) in [4.78, 5) is 25.7. The van der Waals surface area contributed by atoms with E-state index < -0.39 is 0 Å². The molecule has 1 aliphatic heterocycles. The monoisotopic (exact) mass is 309 g/mol. The molecule has 0 aliphatic carbocycles. The van der Waals surface area contributed by atoms with Crippen LogP contribution >= 0.6 is 12.6 Å². The minimum absolute atomic E-state index is 0.00349. The number of amides is 1. The van der Waals surface area contributed by atoms with Crippen molar-refractivity contribution in [3.63, 3.8) is 0 Å². The number of ether oxygens (including phenoxy) is 2. The number of benzene rings is 1. The fourth-order valence-electron chi connectivity index (χ4n) is 2.51. The van der Waals surface area contributed by atoms with E-state index in [0.29, 0.717) is 41.5 Å².